The van der Waals surface area contributed by atoms with Crippen LogP contribution in [0.1, 0.15) is 36.7 Å². The zero-order valence-electron chi connectivity index (χ0n) is 20.1. The van der Waals surface area contributed by atoms with Crippen LogP contribution in [0.5, 0.6) is 11.5 Å². The smallest absolute Gasteiger partial charge is 0.282 e. The SMILES string of the molecule is CCCCc1nc2ccc(Br)cc2c(=O)n1N=Cc1cc(Cl)c(OCc2ccc(Cl)c(Cl)c2)c(OC)c1. The number of aryl methyl sites for hydroxylation is 1. The second-order valence-electron chi connectivity index (χ2n) is 8.23. The van der Waals surface area contributed by atoms with Crippen molar-refractivity contribution < 1.29 is 9.47 Å². The molecule has 0 N–H and O–H groups in total. The summed E-state index contributed by atoms with van der Waals surface area (Å²) in [7, 11) is 1.52. The van der Waals surface area contributed by atoms with Gasteiger partial charge in [0.1, 0.15) is 12.4 Å². The van der Waals surface area contributed by atoms with Crippen molar-refractivity contribution in [3.8, 4) is 11.5 Å². The molecule has 0 saturated carbocycles. The van der Waals surface area contributed by atoms with Crippen LogP contribution in [0.4, 0.5) is 0 Å². The van der Waals surface area contributed by atoms with Gasteiger partial charge in [0.05, 0.1) is 39.3 Å². The molecule has 192 valence electrons. The average Bonchev–Trinajstić information content (AvgIpc) is 2.88. The van der Waals surface area contributed by atoms with E-state index in [1.54, 1.807) is 36.5 Å². The molecule has 1 heterocycles. The third kappa shape index (κ3) is 6.47. The van der Waals surface area contributed by atoms with Gasteiger partial charge in [0.2, 0.25) is 0 Å². The highest BCUT2D eigenvalue weighted by atomic mass is 79.9. The van der Waals surface area contributed by atoms with Crippen LogP contribution < -0.4 is 15.0 Å². The van der Waals surface area contributed by atoms with E-state index in [0.29, 0.717) is 55.3 Å². The molecule has 0 aliphatic heterocycles. The van der Waals surface area contributed by atoms with Gasteiger partial charge in [0, 0.05) is 10.9 Å². The lowest BCUT2D eigenvalue weighted by molar-refractivity contribution is 0.284. The maximum atomic E-state index is 13.3. The Hall–Kier alpha value is -2.58. The van der Waals surface area contributed by atoms with Crippen LogP contribution in [0, 0.1) is 0 Å². The van der Waals surface area contributed by atoms with E-state index in [1.165, 1.54) is 11.8 Å². The molecule has 0 saturated heterocycles. The van der Waals surface area contributed by atoms with E-state index in [4.69, 9.17) is 49.3 Å². The van der Waals surface area contributed by atoms with Crippen LogP contribution in [-0.2, 0) is 13.0 Å². The van der Waals surface area contributed by atoms with Gasteiger partial charge in [0.15, 0.2) is 11.5 Å². The van der Waals surface area contributed by atoms with E-state index in [9.17, 15) is 4.79 Å². The van der Waals surface area contributed by atoms with Crippen LogP contribution in [0.3, 0.4) is 0 Å². The van der Waals surface area contributed by atoms with Crippen molar-refractivity contribution >= 4 is 67.9 Å². The van der Waals surface area contributed by atoms with Crippen LogP contribution >= 0.6 is 50.7 Å². The summed E-state index contributed by atoms with van der Waals surface area (Å²) < 4.78 is 13.6. The summed E-state index contributed by atoms with van der Waals surface area (Å²) in [6.45, 7) is 2.30. The molecular weight excluding hydrogens is 601 g/mol. The summed E-state index contributed by atoms with van der Waals surface area (Å²) >= 11 is 22.1. The molecule has 4 aromatic rings. The van der Waals surface area contributed by atoms with Gasteiger partial charge >= 0.3 is 0 Å². The molecule has 0 amide bonds. The number of nitrogens with zero attached hydrogens (tertiary/aromatic N) is 3. The molecule has 3 aromatic carbocycles. The minimum absolute atomic E-state index is 0.217. The van der Waals surface area contributed by atoms with Crippen LogP contribution in [0.25, 0.3) is 10.9 Å². The van der Waals surface area contributed by atoms with Crippen molar-refractivity contribution in [2.45, 2.75) is 32.8 Å². The first kappa shape index (κ1) is 27.5. The Morgan fingerprint density at radius 2 is 1.86 bits per heavy atom. The molecule has 37 heavy (non-hydrogen) atoms. The van der Waals surface area contributed by atoms with Gasteiger partial charge in [-0.2, -0.15) is 9.78 Å². The molecule has 0 atom stereocenters. The summed E-state index contributed by atoms with van der Waals surface area (Å²) in [6, 6.07) is 14.1. The normalized spacial score (nSPS) is 11.4. The first-order chi connectivity index (χ1) is 17.8. The number of unbranched alkanes of at least 4 members (excludes halogenated alkanes) is 1. The largest absolute Gasteiger partial charge is 0.493 e. The Kier molecular flexibility index (Phi) is 9.13. The number of fused-ring (bicyclic) bond motifs is 1. The molecule has 0 unspecified atom stereocenters. The minimum Gasteiger partial charge on any atom is -0.493 e. The van der Waals surface area contributed by atoms with Gasteiger partial charge in [-0.15, -0.1) is 0 Å². The molecule has 10 heteroatoms. The molecule has 0 fully saturated rings. The third-order valence-electron chi connectivity index (χ3n) is 5.57. The highest BCUT2D eigenvalue weighted by molar-refractivity contribution is 9.10. The predicted molar refractivity (Wildman–Crippen MR) is 154 cm³/mol. The Morgan fingerprint density at radius 3 is 2.59 bits per heavy atom. The second kappa shape index (κ2) is 12.3. The van der Waals surface area contributed by atoms with Gasteiger partial charge in [-0.25, -0.2) is 4.98 Å². The number of aromatic nitrogens is 2. The number of hydrogen-bond acceptors (Lipinski definition) is 5. The van der Waals surface area contributed by atoms with Gasteiger partial charge < -0.3 is 9.47 Å². The van der Waals surface area contributed by atoms with Crippen molar-refractivity contribution in [1.82, 2.24) is 9.66 Å². The van der Waals surface area contributed by atoms with Crippen molar-refractivity contribution in [1.29, 1.82) is 0 Å². The number of methoxy groups -OCH3 is 1. The summed E-state index contributed by atoms with van der Waals surface area (Å²) in [5, 5.41) is 6.21. The lowest BCUT2D eigenvalue weighted by Crippen LogP contribution is -2.22. The lowest BCUT2D eigenvalue weighted by Gasteiger charge is -2.14. The fourth-order valence-electron chi connectivity index (χ4n) is 3.67. The number of rotatable bonds is 9. The Labute approximate surface area is 237 Å². The van der Waals surface area contributed by atoms with E-state index >= 15 is 0 Å². The van der Waals surface area contributed by atoms with Crippen LogP contribution in [0.2, 0.25) is 15.1 Å². The van der Waals surface area contributed by atoms with E-state index in [0.717, 1.165) is 22.9 Å². The number of halogens is 4. The maximum Gasteiger partial charge on any atom is 0.282 e. The van der Waals surface area contributed by atoms with Crippen LogP contribution in [-0.4, -0.2) is 23.0 Å². The Balaban J connectivity index is 1.66. The summed E-state index contributed by atoms with van der Waals surface area (Å²) in [6.07, 6.45) is 4.03. The van der Waals surface area contributed by atoms with Crippen molar-refractivity contribution in [3.63, 3.8) is 0 Å². The monoisotopic (exact) mass is 621 g/mol. The fraction of sp³-hybridized carbons (Fsp3) is 0.222. The topological polar surface area (TPSA) is 65.7 Å². The number of hydrogen-bond donors (Lipinski definition) is 0. The minimum atomic E-state index is -0.242. The van der Waals surface area contributed by atoms with E-state index in [2.05, 4.69) is 28.0 Å². The Bertz CT molecular complexity index is 1540. The highest BCUT2D eigenvalue weighted by Crippen LogP contribution is 2.37. The first-order valence-corrected chi connectivity index (χ1v) is 13.4. The van der Waals surface area contributed by atoms with E-state index in [-0.39, 0.29) is 12.2 Å². The standard InChI is InChI=1S/C27H23BrCl3N3O3/c1-3-4-5-25-33-23-9-7-18(28)13-19(23)27(35)34(25)32-14-17-11-22(31)26(24(12-17)36-2)37-15-16-6-8-20(29)21(30)10-16/h6-14H,3-5,15H2,1-2H3. The lowest BCUT2D eigenvalue weighted by atomic mass is 10.2. The maximum absolute atomic E-state index is 13.3. The molecule has 1 aromatic heterocycles. The molecular formula is C27H23BrCl3N3O3. The third-order valence-corrected chi connectivity index (χ3v) is 7.08. The van der Waals surface area contributed by atoms with Gasteiger partial charge in [0.25, 0.3) is 5.56 Å². The second-order valence-corrected chi connectivity index (χ2v) is 10.4. The van der Waals surface area contributed by atoms with E-state index in [1.807, 2.05) is 18.2 Å². The molecule has 0 spiro atoms. The summed E-state index contributed by atoms with van der Waals surface area (Å²) in [4.78, 5) is 18.0. The Morgan fingerprint density at radius 1 is 1.05 bits per heavy atom. The van der Waals surface area contributed by atoms with Crippen molar-refractivity contribution in [2.75, 3.05) is 7.11 Å². The predicted octanol–water partition coefficient (Wildman–Crippen LogP) is 7.93. The first-order valence-electron chi connectivity index (χ1n) is 11.5. The number of ether oxygens (including phenoxy) is 2. The quantitative estimate of drug-likeness (QED) is 0.178. The van der Waals surface area contributed by atoms with Gasteiger partial charge in [-0.3, -0.25) is 4.79 Å². The molecule has 0 aliphatic carbocycles. The zero-order chi connectivity index (χ0) is 26.5. The van der Waals surface area contributed by atoms with Crippen molar-refractivity contribution in [2.24, 2.45) is 5.10 Å². The summed E-state index contributed by atoms with van der Waals surface area (Å²) in [5.41, 5.74) is 1.85. The van der Waals surface area contributed by atoms with Gasteiger partial charge in [-0.05, 0) is 60.0 Å². The highest BCUT2D eigenvalue weighted by Gasteiger charge is 2.14. The fourth-order valence-corrected chi connectivity index (χ4v) is 4.63. The molecule has 0 aliphatic rings. The molecule has 4 rings (SSSR count). The molecule has 0 radical (unpaired) electrons. The average molecular weight is 624 g/mol. The van der Waals surface area contributed by atoms with Crippen LogP contribution in [0.15, 0.2) is 62.9 Å². The zero-order valence-corrected chi connectivity index (χ0v) is 24.0. The van der Waals surface area contributed by atoms with E-state index < -0.39 is 0 Å². The molecule has 6 nitrogen and oxygen atoms in total. The van der Waals surface area contributed by atoms with Gasteiger partial charge in [-0.1, -0.05) is 70.1 Å². The van der Waals surface area contributed by atoms with Crippen molar-refractivity contribution in [3.05, 3.63) is 95.4 Å². The number of benzene rings is 3. The molecule has 0 bridgehead atoms. The summed E-state index contributed by atoms with van der Waals surface area (Å²) in [5.74, 6) is 1.40.